The first-order valence-electron chi connectivity index (χ1n) is 10.1. The van der Waals surface area contributed by atoms with Gasteiger partial charge < -0.3 is 5.32 Å². The van der Waals surface area contributed by atoms with Gasteiger partial charge in [-0.1, -0.05) is 37.6 Å². The lowest BCUT2D eigenvalue weighted by Gasteiger charge is -2.09. The lowest BCUT2D eigenvalue weighted by atomic mass is 10.0. The van der Waals surface area contributed by atoms with Gasteiger partial charge in [-0.3, -0.25) is 9.78 Å². The number of benzene rings is 2. The average Bonchev–Trinajstić information content (AvgIpc) is 3.13. The molecule has 0 saturated carbocycles. The minimum Gasteiger partial charge on any atom is -0.326 e. The van der Waals surface area contributed by atoms with E-state index in [4.69, 9.17) is 0 Å². The number of aromatic nitrogens is 2. The molecule has 4 aromatic rings. The first-order valence-corrected chi connectivity index (χ1v) is 11.5. The number of aryl methyl sites for hydroxylation is 1. The summed E-state index contributed by atoms with van der Waals surface area (Å²) in [7, 11) is -3.79. The standard InChI is InChI=1S/C24H23N3O3S/c1-3-6-20-16-27(31(29,30)22-9-5-12-25-15-22)24-14-19(10-11-23(20)24)18-7-4-8-21(13-18)26-17(2)28/h4-5,7-16H,3,6H2,1-2H3,(H,26,28). The maximum absolute atomic E-state index is 13.4. The van der Waals surface area contributed by atoms with E-state index in [1.165, 1.54) is 17.1 Å². The van der Waals surface area contributed by atoms with Crippen molar-refractivity contribution in [2.24, 2.45) is 0 Å². The number of carbonyl (C=O) groups excluding carboxylic acids is 1. The molecule has 4 rings (SSSR count). The molecule has 0 saturated heterocycles. The Bertz CT molecular complexity index is 1360. The van der Waals surface area contributed by atoms with Gasteiger partial charge in [0, 0.05) is 36.6 Å². The summed E-state index contributed by atoms with van der Waals surface area (Å²) in [6.07, 6.45) is 6.32. The van der Waals surface area contributed by atoms with Crippen molar-refractivity contribution >= 4 is 32.5 Å². The Morgan fingerprint density at radius 1 is 1.06 bits per heavy atom. The highest BCUT2D eigenvalue weighted by molar-refractivity contribution is 7.90. The molecule has 1 amide bonds. The second-order valence-corrected chi connectivity index (χ2v) is 9.20. The van der Waals surface area contributed by atoms with Crippen molar-refractivity contribution in [3.63, 3.8) is 0 Å². The number of rotatable bonds is 6. The number of hydrogen-bond donors (Lipinski definition) is 1. The van der Waals surface area contributed by atoms with Crippen LogP contribution in [0.5, 0.6) is 0 Å². The van der Waals surface area contributed by atoms with Crippen molar-refractivity contribution in [3.8, 4) is 11.1 Å². The van der Waals surface area contributed by atoms with Crippen LogP contribution >= 0.6 is 0 Å². The Morgan fingerprint density at radius 2 is 1.87 bits per heavy atom. The SMILES string of the molecule is CCCc1cn(S(=O)(=O)c2cccnc2)c2cc(-c3cccc(NC(C)=O)c3)ccc12. The molecule has 0 aliphatic carbocycles. The number of fused-ring (bicyclic) bond motifs is 1. The number of anilines is 1. The molecule has 2 heterocycles. The van der Waals surface area contributed by atoms with Crippen LogP contribution in [0.2, 0.25) is 0 Å². The Hall–Kier alpha value is -3.45. The molecule has 2 aromatic heterocycles. The molecular formula is C24H23N3O3S. The molecule has 6 nitrogen and oxygen atoms in total. The van der Waals surface area contributed by atoms with Crippen molar-refractivity contribution < 1.29 is 13.2 Å². The molecule has 0 spiro atoms. The molecule has 0 aliphatic heterocycles. The Balaban J connectivity index is 1.89. The van der Waals surface area contributed by atoms with E-state index >= 15 is 0 Å². The topological polar surface area (TPSA) is 81.1 Å². The molecule has 31 heavy (non-hydrogen) atoms. The van der Waals surface area contributed by atoms with Gasteiger partial charge in [-0.2, -0.15) is 0 Å². The Labute approximate surface area is 181 Å². The Kier molecular flexibility index (Phi) is 5.61. The van der Waals surface area contributed by atoms with Crippen LogP contribution in [-0.2, 0) is 21.2 Å². The number of nitrogens with one attached hydrogen (secondary N) is 1. The van der Waals surface area contributed by atoms with E-state index < -0.39 is 10.0 Å². The number of nitrogens with zero attached hydrogens (tertiary/aromatic N) is 2. The first kappa shape index (κ1) is 20.8. The second kappa shape index (κ2) is 8.35. The minimum atomic E-state index is -3.79. The monoisotopic (exact) mass is 433 g/mol. The fraction of sp³-hybridized carbons (Fsp3) is 0.167. The van der Waals surface area contributed by atoms with Crippen molar-refractivity contribution in [1.82, 2.24) is 8.96 Å². The third-order valence-electron chi connectivity index (χ3n) is 5.08. The molecule has 2 aromatic carbocycles. The third kappa shape index (κ3) is 4.09. The van der Waals surface area contributed by atoms with Gasteiger partial charge in [0.15, 0.2) is 0 Å². The van der Waals surface area contributed by atoms with Crippen LogP contribution in [0.15, 0.2) is 78.1 Å². The molecule has 0 aliphatic rings. The molecule has 158 valence electrons. The van der Waals surface area contributed by atoms with Crippen LogP contribution < -0.4 is 5.32 Å². The lowest BCUT2D eigenvalue weighted by Crippen LogP contribution is -2.12. The van der Waals surface area contributed by atoms with Gasteiger partial charge in [0.25, 0.3) is 10.0 Å². The van der Waals surface area contributed by atoms with Crippen LogP contribution in [0.3, 0.4) is 0 Å². The predicted molar refractivity (Wildman–Crippen MR) is 122 cm³/mol. The lowest BCUT2D eigenvalue weighted by molar-refractivity contribution is -0.114. The summed E-state index contributed by atoms with van der Waals surface area (Å²) in [5.41, 5.74) is 4.05. The molecule has 0 radical (unpaired) electrons. The van der Waals surface area contributed by atoms with Gasteiger partial charge in [-0.05, 0) is 53.4 Å². The summed E-state index contributed by atoms with van der Waals surface area (Å²) in [4.78, 5) is 15.5. The molecule has 0 bridgehead atoms. The van der Waals surface area contributed by atoms with E-state index in [1.807, 2.05) is 42.5 Å². The summed E-state index contributed by atoms with van der Waals surface area (Å²) >= 11 is 0. The van der Waals surface area contributed by atoms with Crippen molar-refractivity contribution in [2.75, 3.05) is 5.32 Å². The van der Waals surface area contributed by atoms with Gasteiger partial charge in [0.2, 0.25) is 5.91 Å². The van der Waals surface area contributed by atoms with E-state index in [2.05, 4.69) is 17.2 Å². The summed E-state index contributed by atoms with van der Waals surface area (Å²) < 4.78 is 28.1. The molecular weight excluding hydrogens is 410 g/mol. The molecule has 1 N–H and O–H groups in total. The highest BCUT2D eigenvalue weighted by Crippen LogP contribution is 2.32. The molecule has 0 fully saturated rings. The molecule has 0 unspecified atom stereocenters. The van der Waals surface area contributed by atoms with E-state index in [0.29, 0.717) is 11.2 Å². The van der Waals surface area contributed by atoms with Crippen LogP contribution in [0.4, 0.5) is 5.69 Å². The highest BCUT2D eigenvalue weighted by atomic mass is 32.2. The van der Waals surface area contributed by atoms with Gasteiger partial charge in [0.1, 0.15) is 4.90 Å². The highest BCUT2D eigenvalue weighted by Gasteiger charge is 2.21. The first-order chi connectivity index (χ1) is 14.9. The summed E-state index contributed by atoms with van der Waals surface area (Å²) in [6.45, 7) is 3.53. The third-order valence-corrected chi connectivity index (χ3v) is 6.74. The number of hydrogen-bond acceptors (Lipinski definition) is 4. The zero-order valence-electron chi connectivity index (χ0n) is 17.4. The van der Waals surface area contributed by atoms with Crippen LogP contribution in [0.1, 0.15) is 25.8 Å². The van der Waals surface area contributed by atoms with Crippen molar-refractivity contribution in [1.29, 1.82) is 0 Å². The maximum Gasteiger partial charge on any atom is 0.269 e. The molecule has 7 heteroatoms. The predicted octanol–water partition coefficient (Wildman–Crippen LogP) is 4.85. The van der Waals surface area contributed by atoms with Gasteiger partial charge in [0.05, 0.1) is 5.52 Å². The van der Waals surface area contributed by atoms with E-state index in [1.54, 1.807) is 24.5 Å². The fourth-order valence-electron chi connectivity index (χ4n) is 3.71. The van der Waals surface area contributed by atoms with E-state index in [-0.39, 0.29) is 10.8 Å². The quantitative estimate of drug-likeness (QED) is 0.471. The zero-order valence-corrected chi connectivity index (χ0v) is 18.2. The largest absolute Gasteiger partial charge is 0.326 e. The summed E-state index contributed by atoms with van der Waals surface area (Å²) in [6, 6.07) is 16.5. The van der Waals surface area contributed by atoms with Crippen LogP contribution in [0.25, 0.3) is 22.0 Å². The van der Waals surface area contributed by atoms with Crippen LogP contribution in [-0.4, -0.2) is 23.3 Å². The normalized spacial score (nSPS) is 11.5. The maximum atomic E-state index is 13.4. The molecule has 0 atom stereocenters. The van der Waals surface area contributed by atoms with E-state index in [9.17, 15) is 13.2 Å². The van der Waals surface area contributed by atoms with Crippen molar-refractivity contribution in [3.05, 3.63) is 78.8 Å². The summed E-state index contributed by atoms with van der Waals surface area (Å²) in [5, 5.41) is 3.70. The minimum absolute atomic E-state index is 0.145. The summed E-state index contributed by atoms with van der Waals surface area (Å²) in [5.74, 6) is -0.145. The van der Waals surface area contributed by atoms with Crippen LogP contribution in [0, 0.1) is 0 Å². The second-order valence-electron chi connectivity index (χ2n) is 7.39. The van der Waals surface area contributed by atoms with Gasteiger partial charge in [-0.15, -0.1) is 0 Å². The fourth-order valence-corrected chi connectivity index (χ4v) is 5.05. The smallest absolute Gasteiger partial charge is 0.269 e. The number of pyridine rings is 1. The number of amides is 1. The van der Waals surface area contributed by atoms with Gasteiger partial charge >= 0.3 is 0 Å². The number of carbonyl (C=O) groups is 1. The van der Waals surface area contributed by atoms with Crippen molar-refractivity contribution in [2.45, 2.75) is 31.6 Å². The zero-order chi connectivity index (χ0) is 22.0. The Morgan fingerprint density at radius 3 is 2.58 bits per heavy atom. The van der Waals surface area contributed by atoms with E-state index in [0.717, 1.165) is 34.9 Å². The average molecular weight is 434 g/mol. The van der Waals surface area contributed by atoms with Gasteiger partial charge in [-0.25, -0.2) is 12.4 Å².